The summed E-state index contributed by atoms with van der Waals surface area (Å²) in [6.07, 6.45) is 2.58. The molecule has 0 unspecified atom stereocenters. The van der Waals surface area contributed by atoms with E-state index in [-0.39, 0.29) is 11.9 Å². The second kappa shape index (κ2) is 9.92. The van der Waals surface area contributed by atoms with E-state index < -0.39 is 0 Å². The molecule has 1 N–H and O–H groups in total. The van der Waals surface area contributed by atoms with E-state index in [0.29, 0.717) is 0 Å². The number of amides is 1. The Morgan fingerprint density at radius 1 is 0.966 bits per heavy atom. The van der Waals surface area contributed by atoms with Crippen LogP contribution in [0, 0.1) is 6.92 Å². The third-order valence-corrected chi connectivity index (χ3v) is 5.32. The van der Waals surface area contributed by atoms with Gasteiger partial charge in [0.1, 0.15) is 5.75 Å². The average Bonchev–Trinajstić information content (AvgIpc) is 2.76. The zero-order valence-electron chi connectivity index (χ0n) is 17.4. The molecule has 3 aromatic rings. The van der Waals surface area contributed by atoms with Crippen LogP contribution in [0.25, 0.3) is 0 Å². The van der Waals surface area contributed by atoms with Gasteiger partial charge in [-0.2, -0.15) is 0 Å². The smallest absolute Gasteiger partial charge is 0.252 e. The number of hydrogen-bond donors (Lipinski definition) is 1. The molecule has 0 aliphatic carbocycles. The van der Waals surface area contributed by atoms with Crippen molar-refractivity contribution in [2.45, 2.75) is 39.2 Å². The summed E-state index contributed by atoms with van der Waals surface area (Å²) in [5.41, 5.74) is 5.28. The highest BCUT2D eigenvalue weighted by Gasteiger charge is 2.17. The molecule has 0 heterocycles. The molecule has 0 aromatic heterocycles. The summed E-state index contributed by atoms with van der Waals surface area (Å²) in [5, 5.41) is 3.22. The fourth-order valence-corrected chi connectivity index (χ4v) is 3.66. The minimum Gasteiger partial charge on any atom is -0.496 e. The Labute approximate surface area is 173 Å². The highest BCUT2D eigenvalue weighted by molar-refractivity contribution is 5.96. The molecule has 1 amide bonds. The van der Waals surface area contributed by atoms with Crippen LogP contribution in [0.5, 0.6) is 5.75 Å². The second-order valence-electron chi connectivity index (χ2n) is 7.31. The van der Waals surface area contributed by atoms with Crippen LogP contribution >= 0.6 is 0 Å². The van der Waals surface area contributed by atoms with Crippen molar-refractivity contribution >= 4 is 5.91 Å². The number of aryl methyl sites for hydroxylation is 3. The van der Waals surface area contributed by atoms with Gasteiger partial charge in [-0.1, -0.05) is 67.6 Å². The fourth-order valence-electron chi connectivity index (χ4n) is 3.66. The van der Waals surface area contributed by atoms with Gasteiger partial charge in [0.05, 0.1) is 13.2 Å². The minimum atomic E-state index is -0.0331. The van der Waals surface area contributed by atoms with Crippen LogP contribution in [0.4, 0.5) is 0 Å². The first-order valence-corrected chi connectivity index (χ1v) is 10.2. The molecule has 0 spiro atoms. The van der Waals surface area contributed by atoms with Crippen molar-refractivity contribution in [3.8, 4) is 5.75 Å². The van der Waals surface area contributed by atoms with E-state index in [4.69, 9.17) is 4.74 Å². The van der Waals surface area contributed by atoms with E-state index in [2.05, 4.69) is 48.6 Å². The molecule has 1 atom stereocenters. The fraction of sp³-hybridized carbons (Fsp3) is 0.269. The van der Waals surface area contributed by atoms with Crippen molar-refractivity contribution in [2.24, 2.45) is 0 Å². The highest BCUT2D eigenvalue weighted by Crippen LogP contribution is 2.25. The quantitative estimate of drug-likeness (QED) is 0.541. The summed E-state index contributed by atoms with van der Waals surface area (Å²) >= 11 is 0. The maximum absolute atomic E-state index is 13.1. The number of hydrogen-bond acceptors (Lipinski definition) is 2. The summed E-state index contributed by atoms with van der Waals surface area (Å²) < 4.78 is 5.36. The van der Waals surface area contributed by atoms with Gasteiger partial charge in [0.25, 0.3) is 5.91 Å². The summed E-state index contributed by atoms with van der Waals surface area (Å²) in [7, 11) is 1.67. The van der Waals surface area contributed by atoms with Crippen LogP contribution in [0.1, 0.15) is 52.0 Å². The Kier molecular flexibility index (Phi) is 7.07. The lowest BCUT2D eigenvalue weighted by molar-refractivity contribution is 0.0934. The van der Waals surface area contributed by atoms with Gasteiger partial charge in [-0.25, -0.2) is 0 Å². The third-order valence-electron chi connectivity index (χ3n) is 5.32. The van der Waals surface area contributed by atoms with Gasteiger partial charge in [-0.15, -0.1) is 0 Å². The van der Waals surface area contributed by atoms with Crippen LogP contribution in [-0.4, -0.2) is 13.0 Å². The highest BCUT2D eigenvalue weighted by atomic mass is 16.5. The number of carbonyl (C=O) groups is 1. The SMILES string of the molecule is CC[C@@H](NC(=O)c1ccccc1CCc1ccccc1)c1ccc(OC)c(C)c1. The zero-order chi connectivity index (χ0) is 20.6. The molecule has 150 valence electrons. The van der Waals surface area contributed by atoms with Crippen molar-refractivity contribution in [1.82, 2.24) is 5.32 Å². The molecule has 0 saturated heterocycles. The van der Waals surface area contributed by atoms with E-state index >= 15 is 0 Å². The van der Waals surface area contributed by atoms with Crippen molar-refractivity contribution in [3.05, 3.63) is 101 Å². The summed E-state index contributed by atoms with van der Waals surface area (Å²) in [6, 6.07) is 24.3. The molecular weight excluding hydrogens is 358 g/mol. The van der Waals surface area contributed by atoms with Gasteiger partial charge >= 0.3 is 0 Å². The topological polar surface area (TPSA) is 38.3 Å². The lowest BCUT2D eigenvalue weighted by atomic mass is 9.98. The Balaban J connectivity index is 1.75. The summed E-state index contributed by atoms with van der Waals surface area (Å²) in [4.78, 5) is 13.1. The minimum absolute atomic E-state index is 0.0195. The zero-order valence-corrected chi connectivity index (χ0v) is 17.4. The predicted octanol–water partition coefficient (Wildman–Crippen LogP) is 5.67. The molecule has 3 heteroatoms. The largest absolute Gasteiger partial charge is 0.496 e. The Morgan fingerprint density at radius 2 is 1.69 bits per heavy atom. The number of carbonyl (C=O) groups excluding carboxylic acids is 1. The van der Waals surface area contributed by atoms with Crippen molar-refractivity contribution in [2.75, 3.05) is 7.11 Å². The van der Waals surface area contributed by atoms with E-state index in [9.17, 15) is 4.79 Å². The first-order valence-electron chi connectivity index (χ1n) is 10.2. The first-order chi connectivity index (χ1) is 14.1. The molecule has 3 nitrogen and oxygen atoms in total. The Bertz CT molecular complexity index is 950. The van der Waals surface area contributed by atoms with Crippen molar-refractivity contribution in [3.63, 3.8) is 0 Å². The third kappa shape index (κ3) is 5.26. The molecule has 29 heavy (non-hydrogen) atoms. The van der Waals surface area contributed by atoms with Gasteiger partial charge in [0, 0.05) is 5.56 Å². The lowest BCUT2D eigenvalue weighted by Gasteiger charge is -2.20. The van der Waals surface area contributed by atoms with Crippen LogP contribution < -0.4 is 10.1 Å². The number of rotatable bonds is 8. The summed E-state index contributed by atoms with van der Waals surface area (Å²) in [6.45, 7) is 4.11. The van der Waals surface area contributed by atoms with Gasteiger partial charge < -0.3 is 10.1 Å². The van der Waals surface area contributed by atoms with Gasteiger partial charge in [-0.3, -0.25) is 4.79 Å². The van der Waals surface area contributed by atoms with E-state index in [1.807, 2.05) is 43.3 Å². The van der Waals surface area contributed by atoms with Gasteiger partial charge in [0.2, 0.25) is 0 Å². The molecule has 0 fully saturated rings. The van der Waals surface area contributed by atoms with Gasteiger partial charge in [0.15, 0.2) is 0 Å². The second-order valence-corrected chi connectivity index (χ2v) is 7.31. The van der Waals surface area contributed by atoms with Crippen molar-refractivity contribution in [1.29, 1.82) is 0 Å². The van der Waals surface area contributed by atoms with Crippen LogP contribution in [0.3, 0.4) is 0 Å². The van der Waals surface area contributed by atoms with Crippen LogP contribution in [0.15, 0.2) is 72.8 Å². The molecule has 0 bridgehead atoms. The van der Waals surface area contributed by atoms with E-state index in [0.717, 1.165) is 47.3 Å². The van der Waals surface area contributed by atoms with E-state index in [1.165, 1.54) is 5.56 Å². The Hall–Kier alpha value is -3.07. The molecular formula is C26H29NO2. The number of nitrogens with one attached hydrogen (secondary N) is 1. The molecule has 3 aromatic carbocycles. The monoisotopic (exact) mass is 387 g/mol. The maximum atomic E-state index is 13.1. The number of ether oxygens (including phenoxy) is 1. The normalized spacial score (nSPS) is 11.7. The van der Waals surface area contributed by atoms with Gasteiger partial charge in [-0.05, 0) is 60.6 Å². The standard InChI is InChI=1S/C26H29NO2/c1-4-24(22-16-17-25(29-3)19(2)18-22)27-26(28)23-13-9-8-12-21(23)15-14-20-10-6-5-7-11-20/h5-13,16-18,24H,4,14-15H2,1-3H3,(H,27,28)/t24-/m1/s1. The molecule has 0 aliphatic heterocycles. The molecule has 0 saturated carbocycles. The number of benzene rings is 3. The molecule has 0 aliphatic rings. The lowest BCUT2D eigenvalue weighted by Crippen LogP contribution is -2.29. The predicted molar refractivity (Wildman–Crippen MR) is 119 cm³/mol. The van der Waals surface area contributed by atoms with Crippen LogP contribution in [0.2, 0.25) is 0 Å². The van der Waals surface area contributed by atoms with E-state index in [1.54, 1.807) is 7.11 Å². The maximum Gasteiger partial charge on any atom is 0.252 e. The Morgan fingerprint density at radius 3 is 2.38 bits per heavy atom. The number of methoxy groups -OCH3 is 1. The molecule has 0 radical (unpaired) electrons. The summed E-state index contributed by atoms with van der Waals surface area (Å²) in [5.74, 6) is 0.843. The van der Waals surface area contributed by atoms with Crippen LogP contribution in [-0.2, 0) is 12.8 Å². The first kappa shape index (κ1) is 20.7. The van der Waals surface area contributed by atoms with Crippen molar-refractivity contribution < 1.29 is 9.53 Å². The molecule has 3 rings (SSSR count). The average molecular weight is 388 g/mol.